The molecule has 2 heterocycles. The topological polar surface area (TPSA) is 72.6 Å². The van der Waals surface area contributed by atoms with E-state index in [9.17, 15) is 9.59 Å². The summed E-state index contributed by atoms with van der Waals surface area (Å²) in [6.07, 6.45) is 0.154. The van der Waals surface area contributed by atoms with Crippen molar-refractivity contribution in [3.05, 3.63) is 71.9 Å². The zero-order valence-corrected chi connectivity index (χ0v) is 15.5. The molecule has 1 unspecified atom stereocenters. The number of carbonyl (C=O) groups is 2. The first-order chi connectivity index (χ1) is 13.6. The van der Waals surface area contributed by atoms with Crippen molar-refractivity contribution in [3.8, 4) is 11.3 Å². The van der Waals surface area contributed by atoms with Gasteiger partial charge < -0.3 is 14.2 Å². The predicted molar refractivity (Wildman–Crippen MR) is 103 cm³/mol. The van der Waals surface area contributed by atoms with Gasteiger partial charge in [0.25, 0.3) is 0 Å². The summed E-state index contributed by atoms with van der Waals surface area (Å²) >= 11 is 0. The molecule has 4 rings (SSSR count). The fourth-order valence-corrected chi connectivity index (χ4v) is 3.22. The molecule has 0 radical (unpaired) electrons. The van der Waals surface area contributed by atoms with E-state index in [2.05, 4.69) is 5.16 Å². The van der Waals surface area contributed by atoms with Gasteiger partial charge in [-0.2, -0.15) is 0 Å². The number of esters is 1. The molecular weight excluding hydrogens is 356 g/mol. The summed E-state index contributed by atoms with van der Waals surface area (Å²) in [4.78, 5) is 26.3. The van der Waals surface area contributed by atoms with Crippen molar-refractivity contribution in [2.24, 2.45) is 5.92 Å². The molecule has 1 saturated heterocycles. The summed E-state index contributed by atoms with van der Waals surface area (Å²) in [6, 6.07) is 19.0. The van der Waals surface area contributed by atoms with Crippen LogP contribution in [0, 0.1) is 12.8 Å². The molecule has 142 valence electrons. The van der Waals surface area contributed by atoms with Gasteiger partial charge in [-0.05, 0) is 19.1 Å². The van der Waals surface area contributed by atoms with Crippen LogP contribution in [0.25, 0.3) is 11.3 Å². The number of hydrogen-bond acceptors (Lipinski definition) is 5. The molecule has 2 aromatic carbocycles. The molecule has 1 amide bonds. The summed E-state index contributed by atoms with van der Waals surface area (Å²) in [5.74, 6) is -0.326. The van der Waals surface area contributed by atoms with Crippen LogP contribution in [0.1, 0.15) is 17.7 Å². The summed E-state index contributed by atoms with van der Waals surface area (Å²) in [5, 5.41) is 3.95. The van der Waals surface area contributed by atoms with Crippen LogP contribution in [-0.4, -0.2) is 23.6 Å². The lowest BCUT2D eigenvalue weighted by Crippen LogP contribution is -2.26. The number of benzene rings is 2. The maximum absolute atomic E-state index is 12.4. The molecule has 0 aliphatic carbocycles. The molecule has 1 fully saturated rings. The molecule has 1 aliphatic rings. The number of amides is 1. The van der Waals surface area contributed by atoms with Gasteiger partial charge in [0.05, 0.1) is 5.92 Å². The van der Waals surface area contributed by atoms with E-state index in [0.717, 1.165) is 16.8 Å². The molecule has 1 aliphatic heterocycles. The monoisotopic (exact) mass is 376 g/mol. The highest BCUT2D eigenvalue weighted by Crippen LogP contribution is 2.26. The zero-order valence-electron chi connectivity index (χ0n) is 15.5. The maximum Gasteiger partial charge on any atom is 0.311 e. The van der Waals surface area contributed by atoms with Crippen molar-refractivity contribution in [2.75, 3.05) is 11.4 Å². The summed E-state index contributed by atoms with van der Waals surface area (Å²) < 4.78 is 10.7. The predicted octanol–water partition coefficient (Wildman–Crippen LogP) is 3.75. The van der Waals surface area contributed by atoms with Crippen molar-refractivity contribution < 1.29 is 18.8 Å². The van der Waals surface area contributed by atoms with Crippen LogP contribution in [0.15, 0.2) is 65.2 Å². The number of anilines is 1. The van der Waals surface area contributed by atoms with Crippen LogP contribution in [0.3, 0.4) is 0 Å². The molecular formula is C22H20N2O4. The Morgan fingerprint density at radius 2 is 1.93 bits per heavy atom. The summed E-state index contributed by atoms with van der Waals surface area (Å²) in [7, 11) is 0. The molecule has 0 bridgehead atoms. The fourth-order valence-electron chi connectivity index (χ4n) is 3.22. The van der Waals surface area contributed by atoms with E-state index in [4.69, 9.17) is 9.26 Å². The van der Waals surface area contributed by atoms with Crippen LogP contribution in [-0.2, 0) is 20.9 Å². The van der Waals surface area contributed by atoms with E-state index in [1.807, 2.05) is 61.5 Å². The third-order valence-corrected chi connectivity index (χ3v) is 4.78. The third kappa shape index (κ3) is 3.81. The quantitative estimate of drug-likeness (QED) is 0.634. The number of aryl methyl sites for hydroxylation is 1. The summed E-state index contributed by atoms with van der Waals surface area (Å²) in [5.41, 5.74) is 3.36. The van der Waals surface area contributed by atoms with E-state index in [1.54, 1.807) is 11.0 Å². The smallest absolute Gasteiger partial charge is 0.311 e. The first-order valence-electron chi connectivity index (χ1n) is 9.15. The second kappa shape index (κ2) is 7.68. The minimum Gasteiger partial charge on any atom is -0.459 e. The number of aromatic nitrogens is 1. The number of hydrogen-bond donors (Lipinski definition) is 0. The lowest BCUT2D eigenvalue weighted by molar-refractivity contribution is -0.149. The highest BCUT2D eigenvalue weighted by molar-refractivity contribution is 5.99. The van der Waals surface area contributed by atoms with Gasteiger partial charge in [0, 0.05) is 30.3 Å². The van der Waals surface area contributed by atoms with Gasteiger partial charge in [0.15, 0.2) is 5.76 Å². The average Bonchev–Trinajstić information content (AvgIpc) is 3.34. The SMILES string of the molecule is Cc1ccc(N2CC(C(=O)OCc3cc(-c4ccccc4)on3)CC2=O)cc1. The van der Waals surface area contributed by atoms with Crippen LogP contribution >= 0.6 is 0 Å². The van der Waals surface area contributed by atoms with Crippen molar-refractivity contribution in [1.29, 1.82) is 0 Å². The van der Waals surface area contributed by atoms with Crippen LogP contribution in [0.4, 0.5) is 5.69 Å². The second-order valence-corrected chi connectivity index (χ2v) is 6.90. The van der Waals surface area contributed by atoms with Crippen molar-refractivity contribution in [3.63, 3.8) is 0 Å². The standard InChI is InChI=1S/C22H20N2O4/c1-15-7-9-19(10-8-15)24-13-17(11-21(24)25)22(26)27-14-18-12-20(28-23-18)16-5-3-2-4-6-16/h2-10,12,17H,11,13-14H2,1H3. The molecule has 1 aromatic heterocycles. The number of rotatable bonds is 5. The van der Waals surface area contributed by atoms with Crippen LogP contribution < -0.4 is 4.90 Å². The van der Waals surface area contributed by atoms with Gasteiger partial charge in [-0.25, -0.2) is 0 Å². The van der Waals surface area contributed by atoms with Crippen molar-refractivity contribution in [1.82, 2.24) is 5.16 Å². The lowest BCUT2D eigenvalue weighted by Gasteiger charge is -2.16. The van der Waals surface area contributed by atoms with E-state index in [-0.39, 0.29) is 18.9 Å². The number of nitrogens with zero attached hydrogens (tertiary/aromatic N) is 2. The van der Waals surface area contributed by atoms with Crippen LogP contribution in [0.2, 0.25) is 0 Å². The minimum absolute atomic E-state index is 0.0182. The second-order valence-electron chi connectivity index (χ2n) is 6.90. The molecule has 28 heavy (non-hydrogen) atoms. The first-order valence-corrected chi connectivity index (χ1v) is 9.15. The molecule has 0 N–H and O–H groups in total. The molecule has 3 aromatic rings. The third-order valence-electron chi connectivity index (χ3n) is 4.78. The fraction of sp³-hybridized carbons (Fsp3) is 0.227. The van der Waals surface area contributed by atoms with Gasteiger partial charge in [-0.15, -0.1) is 0 Å². The Kier molecular flexibility index (Phi) is 4.93. The normalized spacial score (nSPS) is 16.4. The Morgan fingerprint density at radius 1 is 1.18 bits per heavy atom. The van der Waals surface area contributed by atoms with Crippen molar-refractivity contribution in [2.45, 2.75) is 20.0 Å². The van der Waals surface area contributed by atoms with Crippen LogP contribution in [0.5, 0.6) is 0 Å². The van der Waals surface area contributed by atoms with Gasteiger partial charge in [-0.1, -0.05) is 53.2 Å². The van der Waals surface area contributed by atoms with Gasteiger partial charge in [0.1, 0.15) is 12.3 Å². The highest BCUT2D eigenvalue weighted by atomic mass is 16.5. The average molecular weight is 376 g/mol. The van der Waals surface area contributed by atoms with E-state index in [0.29, 0.717) is 18.0 Å². The molecule has 0 saturated carbocycles. The molecule has 1 atom stereocenters. The Labute approximate surface area is 162 Å². The molecule has 6 heteroatoms. The van der Waals surface area contributed by atoms with Crippen molar-refractivity contribution >= 4 is 17.6 Å². The van der Waals surface area contributed by atoms with Gasteiger partial charge >= 0.3 is 5.97 Å². The Balaban J connectivity index is 1.35. The lowest BCUT2D eigenvalue weighted by atomic mass is 10.1. The molecule has 0 spiro atoms. The largest absolute Gasteiger partial charge is 0.459 e. The Bertz CT molecular complexity index is 979. The Hall–Kier alpha value is -3.41. The number of ether oxygens (including phenoxy) is 1. The first kappa shape index (κ1) is 18.0. The molecule has 6 nitrogen and oxygen atoms in total. The Morgan fingerprint density at radius 3 is 2.68 bits per heavy atom. The van der Waals surface area contributed by atoms with Gasteiger partial charge in [-0.3, -0.25) is 9.59 Å². The maximum atomic E-state index is 12.4. The van der Waals surface area contributed by atoms with E-state index in [1.165, 1.54) is 0 Å². The number of carbonyl (C=O) groups excluding carboxylic acids is 2. The van der Waals surface area contributed by atoms with Gasteiger partial charge in [0.2, 0.25) is 5.91 Å². The van der Waals surface area contributed by atoms with E-state index >= 15 is 0 Å². The highest BCUT2D eigenvalue weighted by Gasteiger charge is 2.36. The van der Waals surface area contributed by atoms with E-state index < -0.39 is 11.9 Å². The minimum atomic E-state index is -0.478. The summed E-state index contributed by atoms with van der Waals surface area (Å²) in [6.45, 7) is 2.34. The zero-order chi connectivity index (χ0) is 19.5.